The van der Waals surface area contributed by atoms with E-state index < -0.39 is 12.0 Å². The fourth-order valence-corrected chi connectivity index (χ4v) is 3.08. The molecule has 5 heteroatoms. The Bertz CT molecular complexity index is 332. The van der Waals surface area contributed by atoms with Gasteiger partial charge in [0.1, 0.15) is 6.04 Å². The first kappa shape index (κ1) is 13.3. The monoisotopic (exact) mass is 254 g/mol. The average molecular weight is 254 g/mol. The lowest BCUT2D eigenvalue weighted by atomic mass is 9.77. The second kappa shape index (κ2) is 5.69. The van der Waals surface area contributed by atoms with Gasteiger partial charge in [0.2, 0.25) is 5.91 Å². The summed E-state index contributed by atoms with van der Waals surface area (Å²) in [6.45, 7) is 1.49. The van der Waals surface area contributed by atoms with Gasteiger partial charge in [-0.25, -0.2) is 0 Å². The molecule has 0 bridgehead atoms. The van der Waals surface area contributed by atoms with Crippen molar-refractivity contribution in [3.63, 3.8) is 0 Å². The molecule has 1 saturated heterocycles. The topological polar surface area (TPSA) is 78.4 Å². The van der Waals surface area contributed by atoms with Crippen molar-refractivity contribution in [2.45, 2.75) is 63.6 Å². The highest BCUT2D eigenvalue weighted by Gasteiger charge is 2.34. The Kier molecular flexibility index (Phi) is 4.22. The van der Waals surface area contributed by atoms with Gasteiger partial charge in [-0.2, -0.15) is 0 Å². The summed E-state index contributed by atoms with van der Waals surface area (Å²) >= 11 is 0. The largest absolute Gasteiger partial charge is 0.480 e. The lowest BCUT2D eigenvalue weighted by Crippen LogP contribution is -2.56. The highest BCUT2D eigenvalue weighted by atomic mass is 16.4. The number of amides is 1. The second-order valence-electron chi connectivity index (χ2n) is 5.52. The van der Waals surface area contributed by atoms with Crippen molar-refractivity contribution in [1.82, 2.24) is 10.6 Å². The van der Waals surface area contributed by atoms with E-state index in [1.807, 2.05) is 0 Å². The fourth-order valence-electron chi connectivity index (χ4n) is 3.08. The molecule has 18 heavy (non-hydrogen) atoms. The van der Waals surface area contributed by atoms with Crippen molar-refractivity contribution in [2.24, 2.45) is 5.92 Å². The maximum absolute atomic E-state index is 12.0. The molecule has 1 saturated carbocycles. The summed E-state index contributed by atoms with van der Waals surface area (Å²) in [5.74, 6) is -0.455. The third kappa shape index (κ3) is 3.02. The number of hydrogen-bond donors (Lipinski definition) is 3. The molecule has 0 spiro atoms. The van der Waals surface area contributed by atoms with Crippen LogP contribution >= 0.6 is 0 Å². The van der Waals surface area contributed by atoms with Crippen LogP contribution in [0.2, 0.25) is 0 Å². The molecule has 1 aliphatic carbocycles. The molecule has 0 aromatic rings. The number of hydrogen-bond acceptors (Lipinski definition) is 3. The van der Waals surface area contributed by atoms with Crippen molar-refractivity contribution >= 4 is 11.9 Å². The molecule has 2 rings (SSSR count). The smallest absolute Gasteiger partial charge is 0.325 e. The zero-order chi connectivity index (χ0) is 13.1. The molecule has 0 aromatic heterocycles. The van der Waals surface area contributed by atoms with Crippen molar-refractivity contribution in [1.29, 1.82) is 0 Å². The van der Waals surface area contributed by atoms with Gasteiger partial charge in [0, 0.05) is 6.04 Å². The van der Waals surface area contributed by atoms with Crippen LogP contribution in [0.15, 0.2) is 0 Å². The molecule has 0 aromatic carbocycles. The Morgan fingerprint density at radius 2 is 1.94 bits per heavy atom. The molecule has 4 atom stereocenters. The van der Waals surface area contributed by atoms with Crippen molar-refractivity contribution in [2.75, 3.05) is 0 Å². The van der Waals surface area contributed by atoms with Crippen molar-refractivity contribution < 1.29 is 14.7 Å². The molecular formula is C13H22N2O3. The average Bonchev–Trinajstić information content (AvgIpc) is 2.37. The highest BCUT2D eigenvalue weighted by molar-refractivity contribution is 5.86. The number of carbonyl (C=O) groups is 2. The minimum absolute atomic E-state index is 0.172. The quantitative estimate of drug-likeness (QED) is 0.699. The lowest BCUT2D eigenvalue weighted by molar-refractivity contribution is -0.141. The first-order chi connectivity index (χ1) is 8.58. The number of aliphatic carboxylic acids is 1. The number of piperidine rings is 1. The summed E-state index contributed by atoms with van der Waals surface area (Å²) in [6, 6.07) is -0.585. The van der Waals surface area contributed by atoms with Gasteiger partial charge in [0.05, 0.1) is 6.04 Å². The molecule has 2 fully saturated rings. The SMILES string of the molecule is CC(NC(=O)C1CCC2CCCCC2N1)C(=O)O. The standard InChI is InChI=1S/C13H22N2O3/c1-8(13(17)18)14-12(16)11-7-6-9-4-2-3-5-10(9)15-11/h8-11,15H,2-7H2,1H3,(H,14,16)(H,17,18). The predicted molar refractivity (Wildman–Crippen MR) is 67.1 cm³/mol. The Balaban J connectivity index is 1.86. The zero-order valence-corrected chi connectivity index (χ0v) is 10.8. The van der Waals surface area contributed by atoms with E-state index in [2.05, 4.69) is 10.6 Å². The molecule has 2 aliphatic rings. The van der Waals surface area contributed by atoms with Gasteiger partial charge in [0.25, 0.3) is 0 Å². The maximum atomic E-state index is 12.0. The van der Waals surface area contributed by atoms with Crippen molar-refractivity contribution in [3.8, 4) is 0 Å². The van der Waals surface area contributed by atoms with E-state index in [0.29, 0.717) is 12.0 Å². The predicted octanol–water partition coefficient (Wildman–Crippen LogP) is 0.886. The van der Waals surface area contributed by atoms with Crippen LogP contribution in [0.1, 0.15) is 45.4 Å². The van der Waals surface area contributed by atoms with E-state index in [1.54, 1.807) is 0 Å². The Hall–Kier alpha value is -1.10. The van der Waals surface area contributed by atoms with Gasteiger partial charge in [-0.15, -0.1) is 0 Å². The third-order valence-corrected chi connectivity index (χ3v) is 4.20. The molecule has 1 heterocycles. The Morgan fingerprint density at radius 3 is 2.67 bits per heavy atom. The van der Waals surface area contributed by atoms with Gasteiger partial charge in [-0.3, -0.25) is 9.59 Å². The van der Waals surface area contributed by atoms with Crippen LogP contribution in [0, 0.1) is 5.92 Å². The number of carboxylic acids is 1. The number of nitrogens with one attached hydrogen (secondary N) is 2. The van der Waals surface area contributed by atoms with Crippen LogP contribution in [-0.2, 0) is 9.59 Å². The van der Waals surface area contributed by atoms with Crippen LogP contribution in [0.3, 0.4) is 0 Å². The first-order valence-corrected chi connectivity index (χ1v) is 6.87. The maximum Gasteiger partial charge on any atom is 0.325 e. The molecular weight excluding hydrogens is 232 g/mol. The number of rotatable bonds is 3. The minimum atomic E-state index is -0.991. The summed E-state index contributed by atoms with van der Waals surface area (Å²) in [5, 5.41) is 14.7. The van der Waals surface area contributed by atoms with Gasteiger partial charge in [-0.05, 0) is 38.5 Å². The van der Waals surface area contributed by atoms with Gasteiger partial charge in [-0.1, -0.05) is 12.8 Å². The van der Waals surface area contributed by atoms with Crippen LogP contribution < -0.4 is 10.6 Å². The highest BCUT2D eigenvalue weighted by Crippen LogP contribution is 2.32. The number of carbonyl (C=O) groups excluding carboxylic acids is 1. The molecule has 1 amide bonds. The van der Waals surface area contributed by atoms with Crippen LogP contribution in [0.4, 0.5) is 0 Å². The molecule has 0 radical (unpaired) electrons. The van der Waals surface area contributed by atoms with E-state index in [1.165, 1.54) is 26.2 Å². The lowest BCUT2D eigenvalue weighted by Gasteiger charge is -2.40. The Labute approximate surface area is 107 Å². The van der Waals surface area contributed by atoms with E-state index in [-0.39, 0.29) is 11.9 Å². The molecule has 3 N–H and O–H groups in total. The summed E-state index contributed by atoms with van der Waals surface area (Å²) in [7, 11) is 0. The molecule has 1 aliphatic heterocycles. The fraction of sp³-hybridized carbons (Fsp3) is 0.846. The molecule has 4 unspecified atom stereocenters. The number of fused-ring (bicyclic) bond motifs is 1. The van der Waals surface area contributed by atoms with Gasteiger partial charge >= 0.3 is 5.97 Å². The normalized spacial score (nSPS) is 33.3. The summed E-state index contributed by atoms with van der Waals surface area (Å²) in [6.07, 6.45) is 6.83. The second-order valence-corrected chi connectivity index (χ2v) is 5.52. The van der Waals surface area contributed by atoms with Gasteiger partial charge in [0.15, 0.2) is 0 Å². The van der Waals surface area contributed by atoms with Crippen molar-refractivity contribution in [3.05, 3.63) is 0 Å². The van der Waals surface area contributed by atoms with E-state index in [4.69, 9.17) is 5.11 Å². The van der Waals surface area contributed by atoms with Crippen LogP contribution in [-0.4, -0.2) is 35.1 Å². The summed E-state index contributed by atoms with van der Waals surface area (Å²) in [4.78, 5) is 22.7. The first-order valence-electron chi connectivity index (χ1n) is 6.87. The van der Waals surface area contributed by atoms with E-state index >= 15 is 0 Å². The third-order valence-electron chi connectivity index (χ3n) is 4.20. The number of carboxylic acid groups (broad SMARTS) is 1. The summed E-state index contributed by atoms with van der Waals surface area (Å²) in [5.41, 5.74) is 0. The van der Waals surface area contributed by atoms with Gasteiger partial charge < -0.3 is 15.7 Å². The molecule has 5 nitrogen and oxygen atoms in total. The van der Waals surface area contributed by atoms with Crippen LogP contribution in [0.5, 0.6) is 0 Å². The molecule has 102 valence electrons. The van der Waals surface area contributed by atoms with Crippen LogP contribution in [0.25, 0.3) is 0 Å². The Morgan fingerprint density at radius 1 is 1.22 bits per heavy atom. The van der Waals surface area contributed by atoms with E-state index in [9.17, 15) is 9.59 Å². The summed E-state index contributed by atoms with van der Waals surface area (Å²) < 4.78 is 0. The zero-order valence-electron chi connectivity index (χ0n) is 10.8. The minimum Gasteiger partial charge on any atom is -0.480 e. The van der Waals surface area contributed by atoms with E-state index in [0.717, 1.165) is 19.3 Å².